The lowest BCUT2D eigenvalue weighted by Crippen LogP contribution is -2.57. The highest BCUT2D eigenvalue weighted by atomic mass is 32.1. The predicted molar refractivity (Wildman–Crippen MR) is 83.0 cm³/mol. The Morgan fingerprint density at radius 1 is 1.32 bits per heavy atom. The van der Waals surface area contributed by atoms with Crippen LogP contribution in [-0.4, -0.2) is 41.6 Å². The van der Waals surface area contributed by atoms with Gasteiger partial charge in [-0.1, -0.05) is 0 Å². The highest BCUT2D eigenvalue weighted by Gasteiger charge is 2.36. The van der Waals surface area contributed by atoms with Crippen LogP contribution in [0.5, 0.6) is 0 Å². The minimum atomic E-state index is 0.193. The van der Waals surface area contributed by atoms with Gasteiger partial charge < -0.3 is 5.32 Å². The quantitative estimate of drug-likeness (QED) is 0.899. The van der Waals surface area contributed by atoms with E-state index in [1.807, 2.05) is 11.3 Å². The van der Waals surface area contributed by atoms with E-state index in [1.54, 1.807) is 0 Å². The molecule has 19 heavy (non-hydrogen) atoms. The van der Waals surface area contributed by atoms with Gasteiger partial charge >= 0.3 is 0 Å². The molecule has 1 aromatic heterocycles. The van der Waals surface area contributed by atoms with Crippen LogP contribution in [0.4, 0.5) is 0 Å². The third-order valence-electron chi connectivity index (χ3n) is 4.57. The van der Waals surface area contributed by atoms with Crippen LogP contribution >= 0.6 is 11.3 Å². The van der Waals surface area contributed by atoms with Gasteiger partial charge in [-0.15, -0.1) is 11.3 Å². The van der Waals surface area contributed by atoms with Crippen molar-refractivity contribution in [2.75, 3.05) is 20.1 Å². The number of rotatable bonds is 5. The zero-order valence-corrected chi connectivity index (χ0v) is 13.7. The molecule has 0 spiro atoms. The first-order valence-electron chi connectivity index (χ1n) is 7.30. The zero-order valence-electron chi connectivity index (χ0n) is 12.9. The summed E-state index contributed by atoms with van der Waals surface area (Å²) in [7, 11) is 2.08. The highest BCUT2D eigenvalue weighted by Crippen LogP contribution is 2.27. The van der Waals surface area contributed by atoms with Crippen LogP contribution < -0.4 is 5.32 Å². The molecule has 3 nitrogen and oxygen atoms in total. The van der Waals surface area contributed by atoms with Crippen LogP contribution in [0.25, 0.3) is 0 Å². The fraction of sp³-hybridized carbons (Fsp3) is 0.800. The minimum Gasteiger partial charge on any atom is -0.315 e. The highest BCUT2D eigenvalue weighted by molar-refractivity contribution is 7.11. The molecule has 108 valence electrons. The summed E-state index contributed by atoms with van der Waals surface area (Å²) < 4.78 is 0. The van der Waals surface area contributed by atoms with Gasteiger partial charge in [0.05, 0.1) is 10.7 Å². The summed E-state index contributed by atoms with van der Waals surface area (Å²) in [6, 6.07) is 0.454. The monoisotopic (exact) mass is 281 g/mol. The smallest absolute Gasteiger partial charge is 0.0947 e. The average Bonchev–Trinajstić information content (AvgIpc) is 2.97. The SMILES string of the molecule is CNC(Cc1nc(C)c(C)s1)C(C)(C)N1CCCC1. The van der Waals surface area contributed by atoms with E-state index in [1.165, 1.54) is 41.5 Å². The number of thiazole rings is 1. The lowest BCUT2D eigenvalue weighted by molar-refractivity contribution is 0.110. The van der Waals surface area contributed by atoms with Crippen LogP contribution in [0, 0.1) is 13.8 Å². The minimum absolute atomic E-state index is 0.193. The Morgan fingerprint density at radius 2 is 1.95 bits per heavy atom. The van der Waals surface area contributed by atoms with E-state index < -0.39 is 0 Å². The maximum Gasteiger partial charge on any atom is 0.0947 e. The first kappa shape index (κ1) is 14.9. The Bertz CT molecular complexity index is 400. The van der Waals surface area contributed by atoms with E-state index in [9.17, 15) is 0 Å². The molecule has 1 aromatic rings. The molecule has 0 aromatic carbocycles. The van der Waals surface area contributed by atoms with Crippen molar-refractivity contribution < 1.29 is 0 Å². The van der Waals surface area contributed by atoms with Crippen molar-refractivity contribution in [3.63, 3.8) is 0 Å². The Hall–Kier alpha value is -0.450. The first-order valence-corrected chi connectivity index (χ1v) is 8.12. The summed E-state index contributed by atoms with van der Waals surface area (Å²) in [6.07, 6.45) is 3.71. The Morgan fingerprint density at radius 3 is 2.42 bits per heavy atom. The number of aryl methyl sites for hydroxylation is 2. The van der Waals surface area contributed by atoms with E-state index in [-0.39, 0.29) is 5.54 Å². The Kier molecular flexibility index (Phi) is 4.64. The molecular weight excluding hydrogens is 254 g/mol. The van der Waals surface area contributed by atoms with Crippen LogP contribution in [-0.2, 0) is 6.42 Å². The Labute approximate surface area is 121 Å². The van der Waals surface area contributed by atoms with E-state index in [0.717, 1.165) is 6.42 Å². The molecule has 2 heterocycles. The molecule has 4 heteroatoms. The Balaban J connectivity index is 2.10. The van der Waals surface area contributed by atoms with Crippen molar-refractivity contribution in [1.82, 2.24) is 15.2 Å². The molecule has 1 saturated heterocycles. The van der Waals surface area contributed by atoms with E-state index in [0.29, 0.717) is 6.04 Å². The van der Waals surface area contributed by atoms with Crippen LogP contribution in [0.1, 0.15) is 42.3 Å². The lowest BCUT2D eigenvalue weighted by atomic mass is 9.90. The summed E-state index contributed by atoms with van der Waals surface area (Å²) >= 11 is 1.85. The summed E-state index contributed by atoms with van der Waals surface area (Å²) in [5.41, 5.74) is 1.38. The van der Waals surface area contributed by atoms with Gasteiger partial charge in [-0.05, 0) is 60.7 Å². The van der Waals surface area contributed by atoms with E-state index >= 15 is 0 Å². The molecule has 1 aliphatic heterocycles. The number of aromatic nitrogens is 1. The second kappa shape index (κ2) is 5.90. The standard InChI is InChI=1S/C15H27N3S/c1-11-12(2)19-14(17-11)10-13(16-5)15(3,4)18-8-6-7-9-18/h13,16H,6-10H2,1-5H3. The predicted octanol–water partition coefficient (Wildman–Crippen LogP) is 2.76. The van der Waals surface area contributed by atoms with E-state index in [2.05, 4.69) is 45.0 Å². The van der Waals surface area contributed by atoms with Gasteiger partial charge in [-0.25, -0.2) is 4.98 Å². The van der Waals surface area contributed by atoms with Gasteiger partial charge in [0, 0.05) is 22.9 Å². The number of nitrogens with zero attached hydrogens (tertiary/aromatic N) is 2. The normalized spacial score (nSPS) is 19.0. The zero-order chi connectivity index (χ0) is 14.0. The van der Waals surface area contributed by atoms with Gasteiger partial charge in [0.2, 0.25) is 0 Å². The molecule has 0 aliphatic carbocycles. The van der Waals surface area contributed by atoms with Gasteiger partial charge in [0.25, 0.3) is 0 Å². The molecule has 1 unspecified atom stereocenters. The van der Waals surface area contributed by atoms with E-state index in [4.69, 9.17) is 4.98 Å². The van der Waals surface area contributed by atoms with Gasteiger partial charge in [-0.2, -0.15) is 0 Å². The van der Waals surface area contributed by atoms with Crippen LogP contribution in [0.2, 0.25) is 0 Å². The van der Waals surface area contributed by atoms with Gasteiger partial charge in [-0.3, -0.25) is 4.90 Å². The number of nitrogens with one attached hydrogen (secondary N) is 1. The molecule has 1 aliphatic rings. The van der Waals surface area contributed by atoms with Crippen molar-refractivity contribution in [2.45, 2.75) is 58.5 Å². The van der Waals surface area contributed by atoms with Crippen LogP contribution in [0.15, 0.2) is 0 Å². The number of likely N-dealkylation sites (tertiary alicyclic amines) is 1. The topological polar surface area (TPSA) is 28.2 Å². The van der Waals surface area contributed by atoms with Gasteiger partial charge in [0.1, 0.15) is 0 Å². The average molecular weight is 281 g/mol. The molecule has 1 fully saturated rings. The second-order valence-corrected chi connectivity index (χ2v) is 7.43. The third kappa shape index (κ3) is 3.18. The molecule has 1 N–H and O–H groups in total. The molecular formula is C15H27N3S. The molecule has 1 atom stereocenters. The van der Waals surface area contributed by atoms with Gasteiger partial charge in [0.15, 0.2) is 0 Å². The van der Waals surface area contributed by atoms with Crippen molar-refractivity contribution in [3.8, 4) is 0 Å². The summed E-state index contributed by atoms with van der Waals surface area (Å²) in [5.74, 6) is 0. The number of likely N-dealkylation sites (N-methyl/N-ethyl adjacent to an activating group) is 1. The molecule has 2 rings (SSSR count). The summed E-state index contributed by atoms with van der Waals surface area (Å²) in [6.45, 7) is 11.5. The fourth-order valence-electron chi connectivity index (χ4n) is 3.02. The number of hydrogen-bond donors (Lipinski definition) is 1. The summed E-state index contributed by atoms with van der Waals surface area (Å²) in [4.78, 5) is 8.68. The fourth-order valence-corrected chi connectivity index (χ4v) is 4.00. The third-order valence-corrected chi connectivity index (χ3v) is 5.67. The van der Waals surface area contributed by atoms with Crippen molar-refractivity contribution in [3.05, 3.63) is 15.6 Å². The second-order valence-electron chi connectivity index (χ2n) is 6.14. The molecule has 0 radical (unpaired) electrons. The molecule has 0 bridgehead atoms. The largest absolute Gasteiger partial charge is 0.315 e. The van der Waals surface area contributed by atoms with Crippen molar-refractivity contribution in [2.24, 2.45) is 0 Å². The number of hydrogen-bond acceptors (Lipinski definition) is 4. The maximum atomic E-state index is 4.70. The first-order chi connectivity index (χ1) is 8.95. The summed E-state index contributed by atoms with van der Waals surface area (Å²) in [5, 5.41) is 4.79. The molecule has 0 amide bonds. The molecule has 0 saturated carbocycles. The van der Waals surface area contributed by atoms with Crippen LogP contribution in [0.3, 0.4) is 0 Å². The lowest BCUT2D eigenvalue weighted by Gasteiger charge is -2.42. The van der Waals surface area contributed by atoms with Crippen molar-refractivity contribution in [1.29, 1.82) is 0 Å². The van der Waals surface area contributed by atoms with Crippen molar-refractivity contribution >= 4 is 11.3 Å². The maximum absolute atomic E-state index is 4.70.